The predicted molar refractivity (Wildman–Crippen MR) is 75.5 cm³/mol. The van der Waals surface area contributed by atoms with Crippen LogP contribution in [0, 0.1) is 0 Å². The smallest absolute Gasteiger partial charge is 0.209 e. The molecule has 18 heavy (non-hydrogen) atoms. The molecule has 0 aromatic carbocycles. The molecule has 0 aromatic rings. The fourth-order valence-electron chi connectivity index (χ4n) is 2.28. The minimum absolute atomic E-state index is 0.865. The van der Waals surface area contributed by atoms with Gasteiger partial charge in [-0.25, -0.2) is 0 Å². The van der Waals surface area contributed by atoms with Crippen LogP contribution in [0.5, 0.6) is 0 Å². The van der Waals surface area contributed by atoms with Gasteiger partial charge in [0.1, 0.15) is 0 Å². The molecule has 102 valence electrons. The summed E-state index contributed by atoms with van der Waals surface area (Å²) in [5.41, 5.74) is 0. The molecule has 0 spiro atoms. The van der Waals surface area contributed by atoms with Gasteiger partial charge in [-0.2, -0.15) is 0 Å². The molecule has 0 aromatic heterocycles. The van der Waals surface area contributed by atoms with Crippen molar-refractivity contribution >= 4 is 14.4 Å². The third-order valence-electron chi connectivity index (χ3n) is 3.54. The molecule has 4 nitrogen and oxygen atoms in total. The van der Waals surface area contributed by atoms with Gasteiger partial charge >= 0.3 is 0 Å². The van der Waals surface area contributed by atoms with E-state index >= 15 is 0 Å². The molecule has 2 rings (SSSR count). The largest absolute Gasteiger partial charge is 0.353 e. The van der Waals surface area contributed by atoms with Gasteiger partial charge in [0, 0.05) is 20.1 Å². The third kappa shape index (κ3) is 7.02. The van der Waals surface area contributed by atoms with E-state index < -0.39 is 0 Å². The third-order valence-corrected chi connectivity index (χ3v) is 3.54. The molecule has 1 amide bonds. The first-order valence-electron chi connectivity index (χ1n) is 7.10. The lowest BCUT2D eigenvalue weighted by Gasteiger charge is -2.21. The molecule has 0 N–H and O–H groups in total. The SMILES string of the molecule is CN(C=O)CCN1CCCC1.[B]N1CCCCC1. The summed E-state index contributed by atoms with van der Waals surface area (Å²) in [6.07, 6.45) is 7.48. The van der Waals surface area contributed by atoms with E-state index in [-0.39, 0.29) is 0 Å². The van der Waals surface area contributed by atoms with Gasteiger partial charge in [0.25, 0.3) is 0 Å². The molecule has 2 heterocycles. The molecule has 2 fully saturated rings. The van der Waals surface area contributed by atoms with E-state index in [1.807, 2.05) is 11.9 Å². The van der Waals surface area contributed by atoms with Gasteiger partial charge < -0.3 is 14.6 Å². The number of piperidine rings is 1. The van der Waals surface area contributed by atoms with E-state index in [1.54, 1.807) is 4.90 Å². The molecule has 5 heteroatoms. The molecule has 0 atom stereocenters. The molecular weight excluding hydrogens is 225 g/mol. The summed E-state index contributed by atoms with van der Waals surface area (Å²) in [7, 11) is 7.29. The number of likely N-dealkylation sites (tertiary alicyclic amines) is 1. The lowest BCUT2D eigenvalue weighted by atomic mass is 10.1. The van der Waals surface area contributed by atoms with Gasteiger partial charge in [-0.05, 0) is 51.9 Å². The lowest BCUT2D eigenvalue weighted by molar-refractivity contribution is -0.117. The second-order valence-corrected chi connectivity index (χ2v) is 5.23. The maximum Gasteiger partial charge on any atom is 0.209 e. The Hall–Kier alpha value is -0.545. The summed E-state index contributed by atoms with van der Waals surface area (Å²) < 4.78 is 0. The van der Waals surface area contributed by atoms with Crippen molar-refractivity contribution in [2.45, 2.75) is 32.1 Å². The van der Waals surface area contributed by atoms with Crippen molar-refractivity contribution in [2.75, 3.05) is 46.3 Å². The summed E-state index contributed by atoms with van der Waals surface area (Å²) in [4.78, 5) is 16.2. The van der Waals surface area contributed by atoms with Gasteiger partial charge in [-0.3, -0.25) is 4.79 Å². The first-order chi connectivity index (χ1) is 8.72. The Morgan fingerprint density at radius 3 is 2.06 bits per heavy atom. The predicted octanol–water partition coefficient (Wildman–Crippen LogP) is 0.726. The standard InChI is InChI=1S/C8H16N2O.C5H10BN/c1-9(8-11)6-7-10-4-2-3-5-10;6-7-4-2-1-3-5-7/h8H,2-7H2,1H3;1-5H2. The molecular formula is C13H26BN3O. The Balaban J connectivity index is 0.000000199. The summed E-state index contributed by atoms with van der Waals surface area (Å²) in [6.45, 7) is 6.53. The molecule has 0 unspecified atom stereocenters. The van der Waals surface area contributed by atoms with Crippen molar-refractivity contribution in [3.63, 3.8) is 0 Å². The summed E-state index contributed by atoms with van der Waals surface area (Å²) in [5.74, 6) is 0. The van der Waals surface area contributed by atoms with Crippen LogP contribution in [0.4, 0.5) is 0 Å². The van der Waals surface area contributed by atoms with Gasteiger partial charge in [-0.15, -0.1) is 0 Å². The van der Waals surface area contributed by atoms with Crippen LogP contribution in [0.2, 0.25) is 0 Å². The molecule has 0 saturated carbocycles. The molecule has 0 aliphatic carbocycles. The van der Waals surface area contributed by atoms with Crippen molar-refractivity contribution in [1.29, 1.82) is 0 Å². The first kappa shape index (κ1) is 15.5. The van der Waals surface area contributed by atoms with Crippen molar-refractivity contribution in [3.05, 3.63) is 0 Å². The van der Waals surface area contributed by atoms with Gasteiger partial charge in [-0.1, -0.05) is 6.42 Å². The minimum Gasteiger partial charge on any atom is -0.353 e. The molecule has 2 radical (unpaired) electrons. The highest BCUT2D eigenvalue weighted by molar-refractivity contribution is 6.04. The Kier molecular flexibility index (Phi) is 8.10. The monoisotopic (exact) mass is 251 g/mol. The fraction of sp³-hybridized carbons (Fsp3) is 0.923. The molecule has 0 bridgehead atoms. The molecule has 2 aliphatic rings. The van der Waals surface area contributed by atoms with E-state index in [1.165, 1.54) is 45.2 Å². The average molecular weight is 251 g/mol. The Morgan fingerprint density at radius 2 is 1.61 bits per heavy atom. The Labute approximate surface area is 113 Å². The van der Waals surface area contributed by atoms with Crippen LogP contribution in [0.15, 0.2) is 0 Å². The number of rotatable bonds is 4. The maximum absolute atomic E-state index is 10.2. The second-order valence-electron chi connectivity index (χ2n) is 5.23. The summed E-state index contributed by atoms with van der Waals surface area (Å²) in [6, 6.07) is 0. The quantitative estimate of drug-likeness (QED) is 0.544. The first-order valence-corrected chi connectivity index (χ1v) is 7.10. The lowest BCUT2D eigenvalue weighted by Crippen LogP contribution is -2.30. The van der Waals surface area contributed by atoms with Crippen LogP contribution >= 0.6 is 0 Å². The van der Waals surface area contributed by atoms with Crippen molar-refractivity contribution in [1.82, 2.24) is 14.6 Å². The normalized spacial score (nSPS) is 21.2. The van der Waals surface area contributed by atoms with Crippen LogP contribution in [-0.2, 0) is 4.79 Å². The van der Waals surface area contributed by atoms with Gasteiger partial charge in [0.2, 0.25) is 6.41 Å². The molecule has 2 saturated heterocycles. The Bertz CT molecular complexity index is 216. The highest BCUT2D eigenvalue weighted by atomic mass is 16.1. The number of hydrogen-bond donors (Lipinski definition) is 0. The van der Waals surface area contributed by atoms with E-state index in [9.17, 15) is 4.79 Å². The van der Waals surface area contributed by atoms with Crippen LogP contribution in [0.1, 0.15) is 32.1 Å². The highest BCUT2D eigenvalue weighted by Gasteiger charge is 2.10. The Morgan fingerprint density at radius 1 is 1.06 bits per heavy atom. The van der Waals surface area contributed by atoms with E-state index in [2.05, 4.69) is 4.90 Å². The van der Waals surface area contributed by atoms with E-state index in [0.29, 0.717) is 0 Å². The number of carbonyl (C=O) groups is 1. The zero-order valence-corrected chi connectivity index (χ0v) is 11.7. The van der Waals surface area contributed by atoms with E-state index in [0.717, 1.165) is 32.6 Å². The number of nitrogens with zero attached hydrogens (tertiary/aromatic N) is 3. The van der Waals surface area contributed by atoms with Crippen molar-refractivity contribution < 1.29 is 4.79 Å². The summed E-state index contributed by atoms with van der Waals surface area (Å²) in [5, 5.41) is 0. The van der Waals surface area contributed by atoms with Crippen molar-refractivity contribution in [3.8, 4) is 0 Å². The highest BCUT2D eigenvalue weighted by Crippen LogP contribution is 2.06. The number of carbonyl (C=O) groups excluding carboxylic acids is 1. The summed E-state index contributed by atoms with van der Waals surface area (Å²) >= 11 is 0. The molecule has 2 aliphatic heterocycles. The van der Waals surface area contributed by atoms with Crippen LogP contribution in [0.25, 0.3) is 0 Å². The van der Waals surface area contributed by atoms with Crippen LogP contribution < -0.4 is 0 Å². The van der Waals surface area contributed by atoms with Gasteiger partial charge in [0.05, 0.1) is 0 Å². The second kappa shape index (κ2) is 9.39. The fourth-order valence-corrected chi connectivity index (χ4v) is 2.28. The minimum atomic E-state index is 0.865. The van der Waals surface area contributed by atoms with Crippen molar-refractivity contribution in [2.24, 2.45) is 0 Å². The van der Waals surface area contributed by atoms with Crippen LogP contribution in [0.3, 0.4) is 0 Å². The zero-order chi connectivity index (χ0) is 13.2. The van der Waals surface area contributed by atoms with E-state index in [4.69, 9.17) is 7.98 Å². The zero-order valence-electron chi connectivity index (χ0n) is 11.7. The number of likely N-dealkylation sites (N-methyl/N-ethyl adjacent to an activating group) is 1. The number of hydrogen-bond acceptors (Lipinski definition) is 3. The van der Waals surface area contributed by atoms with Crippen LogP contribution in [-0.4, -0.2) is 75.3 Å². The number of amides is 1. The maximum atomic E-state index is 10.2. The van der Waals surface area contributed by atoms with Gasteiger partial charge in [0.15, 0.2) is 7.98 Å². The topological polar surface area (TPSA) is 26.8 Å². The average Bonchev–Trinajstić information content (AvgIpc) is 2.91.